The van der Waals surface area contributed by atoms with Crippen LogP contribution in [0.1, 0.15) is 0 Å². The van der Waals surface area contributed by atoms with Gasteiger partial charge in [-0.1, -0.05) is 146 Å². The summed E-state index contributed by atoms with van der Waals surface area (Å²) in [6.07, 6.45) is 0. The lowest BCUT2D eigenvalue weighted by Crippen LogP contribution is -2.10. The Hall–Kier alpha value is -7.62. The second-order valence-electron chi connectivity index (χ2n) is 14.6. The van der Waals surface area contributed by atoms with Crippen LogP contribution in [0, 0.1) is 0 Å². The molecule has 0 saturated heterocycles. The molecular weight excluding hydrogens is 693 g/mol. The summed E-state index contributed by atoms with van der Waals surface area (Å²) >= 11 is 0. The molecule has 0 amide bonds. The van der Waals surface area contributed by atoms with Crippen LogP contribution in [0.4, 0.5) is 17.1 Å². The van der Waals surface area contributed by atoms with Gasteiger partial charge in [0.2, 0.25) is 0 Å². The zero-order valence-corrected chi connectivity index (χ0v) is 31.1. The molecule has 0 aliphatic rings. The Kier molecular flexibility index (Phi) is 7.82. The van der Waals surface area contributed by atoms with Gasteiger partial charge in [-0.2, -0.15) is 0 Å². The quantitative estimate of drug-likeness (QED) is 0.163. The van der Waals surface area contributed by atoms with Gasteiger partial charge in [-0.3, -0.25) is 0 Å². The molecule has 0 unspecified atom stereocenters. The summed E-state index contributed by atoms with van der Waals surface area (Å²) in [4.78, 5) is 2.37. The molecular formula is C54H36N2O. The van der Waals surface area contributed by atoms with Crippen LogP contribution in [0.2, 0.25) is 0 Å². The maximum atomic E-state index is 6.75. The van der Waals surface area contributed by atoms with Crippen LogP contribution in [0.25, 0.3) is 82.8 Å². The van der Waals surface area contributed by atoms with E-state index in [2.05, 4.69) is 222 Å². The number of nitrogens with zero attached hydrogens (tertiary/aromatic N) is 2. The predicted molar refractivity (Wildman–Crippen MR) is 239 cm³/mol. The number of hydrogen-bond acceptors (Lipinski definition) is 2. The molecule has 0 saturated carbocycles. The van der Waals surface area contributed by atoms with Gasteiger partial charge >= 0.3 is 0 Å². The fourth-order valence-corrected chi connectivity index (χ4v) is 8.53. The van der Waals surface area contributed by atoms with Gasteiger partial charge in [0.05, 0.1) is 11.0 Å². The van der Waals surface area contributed by atoms with E-state index in [4.69, 9.17) is 4.42 Å². The van der Waals surface area contributed by atoms with Crippen LogP contribution in [-0.2, 0) is 0 Å². The minimum Gasteiger partial charge on any atom is -0.455 e. The van der Waals surface area contributed by atoms with Crippen molar-refractivity contribution >= 4 is 60.8 Å². The lowest BCUT2D eigenvalue weighted by molar-refractivity contribution is 0.670. The first kappa shape index (κ1) is 32.8. The van der Waals surface area contributed by atoms with Gasteiger partial charge < -0.3 is 13.9 Å². The highest BCUT2D eigenvalue weighted by molar-refractivity contribution is 6.12. The highest BCUT2D eigenvalue weighted by atomic mass is 16.3. The molecule has 0 fully saturated rings. The Bertz CT molecular complexity index is 3190. The van der Waals surface area contributed by atoms with Crippen molar-refractivity contribution in [3.8, 4) is 39.1 Å². The molecule has 268 valence electrons. The third-order valence-corrected chi connectivity index (χ3v) is 11.1. The third-order valence-electron chi connectivity index (χ3n) is 11.1. The summed E-state index contributed by atoms with van der Waals surface area (Å²) in [5, 5.41) is 4.65. The van der Waals surface area contributed by atoms with Crippen molar-refractivity contribution in [1.82, 2.24) is 4.57 Å². The summed E-state index contributed by atoms with van der Waals surface area (Å²) in [7, 11) is 0. The van der Waals surface area contributed by atoms with Gasteiger partial charge in [0.15, 0.2) is 0 Å². The van der Waals surface area contributed by atoms with Crippen molar-refractivity contribution in [2.75, 3.05) is 4.90 Å². The number of anilines is 3. The highest BCUT2D eigenvalue weighted by Crippen LogP contribution is 2.44. The topological polar surface area (TPSA) is 21.3 Å². The number of rotatable bonds is 7. The largest absolute Gasteiger partial charge is 0.455 e. The maximum Gasteiger partial charge on any atom is 0.143 e. The van der Waals surface area contributed by atoms with E-state index in [-0.39, 0.29) is 0 Å². The van der Waals surface area contributed by atoms with Gasteiger partial charge in [0.25, 0.3) is 0 Å². The molecule has 0 N–H and O–H groups in total. The van der Waals surface area contributed by atoms with E-state index >= 15 is 0 Å². The first-order chi connectivity index (χ1) is 28.3. The van der Waals surface area contributed by atoms with Gasteiger partial charge in [-0.15, -0.1) is 0 Å². The van der Waals surface area contributed by atoms with Gasteiger partial charge in [0.1, 0.15) is 11.2 Å². The van der Waals surface area contributed by atoms with Crippen LogP contribution in [0.3, 0.4) is 0 Å². The summed E-state index contributed by atoms with van der Waals surface area (Å²) in [6.45, 7) is 0. The lowest BCUT2D eigenvalue weighted by Gasteiger charge is -2.27. The monoisotopic (exact) mass is 728 g/mol. The van der Waals surface area contributed by atoms with Crippen LogP contribution < -0.4 is 4.90 Å². The maximum absolute atomic E-state index is 6.75. The molecule has 57 heavy (non-hydrogen) atoms. The van der Waals surface area contributed by atoms with Crippen LogP contribution in [0.15, 0.2) is 223 Å². The molecule has 3 heteroatoms. The zero-order valence-electron chi connectivity index (χ0n) is 31.1. The summed E-state index contributed by atoms with van der Waals surface area (Å²) in [5.74, 6) is 0. The zero-order chi connectivity index (χ0) is 37.7. The Labute approximate surface area is 330 Å². The van der Waals surface area contributed by atoms with E-state index < -0.39 is 0 Å². The van der Waals surface area contributed by atoms with E-state index in [1.807, 2.05) is 6.07 Å². The highest BCUT2D eigenvalue weighted by Gasteiger charge is 2.21. The fourth-order valence-electron chi connectivity index (χ4n) is 8.53. The molecule has 3 nitrogen and oxygen atoms in total. The molecule has 0 radical (unpaired) electrons. The number of furan rings is 1. The van der Waals surface area contributed by atoms with Crippen molar-refractivity contribution in [3.05, 3.63) is 218 Å². The number of hydrogen-bond donors (Lipinski definition) is 0. The number of fused-ring (bicyclic) bond motifs is 6. The second-order valence-corrected chi connectivity index (χ2v) is 14.6. The van der Waals surface area contributed by atoms with Gasteiger partial charge in [-0.05, 0) is 101 Å². The van der Waals surface area contributed by atoms with Crippen molar-refractivity contribution in [2.45, 2.75) is 0 Å². The molecule has 11 rings (SSSR count). The standard InChI is InChI=1S/C54H36N2O/c1-3-16-37(17-4-1)38-18-13-19-39(32-38)40-20-14-24-43(33-40)55(42-22-5-2-6-23-42)45-35-49(54-50(36-45)48-28-9-12-31-53(48)57-54)41-21-15-25-44(34-41)56-51-29-10-7-26-46(51)47-27-8-11-30-52(47)56/h1-36H. The van der Waals surface area contributed by atoms with Gasteiger partial charge in [0, 0.05) is 49.9 Å². The van der Waals surface area contributed by atoms with Gasteiger partial charge in [-0.25, -0.2) is 0 Å². The Morgan fingerprint density at radius 1 is 0.333 bits per heavy atom. The van der Waals surface area contributed by atoms with Crippen LogP contribution in [-0.4, -0.2) is 4.57 Å². The molecule has 0 spiro atoms. The Morgan fingerprint density at radius 3 is 1.63 bits per heavy atom. The Morgan fingerprint density at radius 2 is 0.877 bits per heavy atom. The van der Waals surface area contributed by atoms with E-state index in [1.165, 1.54) is 38.5 Å². The molecule has 11 aromatic rings. The number of para-hydroxylation sites is 4. The first-order valence-corrected chi connectivity index (χ1v) is 19.4. The van der Waals surface area contributed by atoms with Crippen molar-refractivity contribution < 1.29 is 4.42 Å². The average molecular weight is 729 g/mol. The lowest BCUT2D eigenvalue weighted by atomic mass is 9.98. The molecule has 2 heterocycles. The second kappa shape index (κ2) is 13.6. The molecule has 2 aromatic heterocycles. The average Bonchev–Trinajstić information content (AvgIpc) is 3.83. The smallest absolute Gasteiger partial charge is 0.143 e. The van der Waals surface area contributed by atoms with Crippen LogP contribution >= 0.6 is 0 Å². The summed E-state index contributed by atoms with van der Waals surface area (Å²) in [6, 6.07) is 78.1. The normalized spacial score (nSPS) is 11.5. The minimum atomic E-state index is 0.871. The molecule has 0 bridgehead atoms. The third kappa shape index (κ3) is 5.68. The predicted octanol–water partition coefficient (Wildman–Crippen LogP) is 15.2. The van der Waals surface area contributed by atoms with Crippen LogP contribution in [0.5, 0.6) is 0 Å². The van der Waals surface area contributed by atoms with E-state index in [0.717, 1.165) is 61.4 Å². The molecule has 0 aliphatic carbocycles. The summed E-state index contributed by atoms with van der Waals surface area (Å²) in [5.41, 5.74) is 15.3. The summed E-state index contributed by atoms with van der Waals surface area (Å²) < 4.78 is 9.13. The SMILES string of the molecule is c1ccc(-c2cccc(-c3cccc(N(c4ccccc4)c4cc(-c5cccc(-n6c7ccccc7c7ccccc76)c5)c5oc6ccccc6c5c4)c3)c2)cc1. The van der Waals surface area contributed by atoms with Crippen molar-refractivity contribution in [3.63, 3.8) is 0 Å². The Balaban J connectivity index is 1.11. The number of benzene rings is 9. The fraction of sp³-hybridized carbons (Fsp3) is 0. The van der Waals surface area contributed by atoms with Crippen molar-refractivity contribution in [1.29, 1.82) is 0 Å². The van der Waals surface area contributed by atoms with Crippen molar-refractivity contribution in [2.24, 2.45) is 0 Å². The van der Waals surface area contributed by atoms with E-state index in [0.29, 0.717) is 0 Å². The molecule has 0 atom stereocenters. The van der Waals surface area contributed by atoms with E-state index in [1.54, 1.807) is 0 Å². The first-order valence-electron chi connectivity index (χ1n) is 19.4. The minimum absolute atomic E-state index is 0.871. The van der Waals surface area contributed by atoms with E-state index in [9.17, 15) is 0 Å². The molecule has 0 aliphatic heterocycles. The molecule has 9 aromatic carbocycles. The number of aromatic nitrogens is 1.